The molecule has 1 aliphatic heterocycles. The van der Waals surface area contributed by atoms with Gasteiger partial charge in [-0.05, 0) is 48.9 Å². The zero-order valence-electron chi connectivity index (χ0n) is 12.7. The number of hydrogen-bond donors (Lipinski definition) is 0. The summed E-state index contributed by atoms with van der Waals surface area (Å²) in [6, 6.07) is 15.4. The largest absolute Gasteiger partial charge is 0.293 e. The van der Waals surface area contributed by atoms with Gasteiger partial charge in [-0.25, -0.2) is 0 Å². The maximum absolute atomic E-state index is 12.4. The predicted molar refractivity (Wildman–Crippen MR) is 91.8 cm³/mol. The summed E-state index contributed by atoms with van der Waals surface area (Å²) in [5, 5.41) is -0.218. The topological polar surface area (TPSA) is 50.3 Å². The lowest BCUT2D eigenvalue weighted by atomic mass is 10.1. The number of carbonyl (C=O) groups excluding carboxylic acids is 2. The number of imide groups is 1. The number of carbonyl (C=O) groups is 2. The summed E-state index contributed by atoms with van der Waals surface area (Å²) in [7, 11) is 0. The highest BCUT2D eigenvalue weighted by Crippen LogP contribution is 2.32. The Morgan fingerprint density at radius 2 is 1.87 bits per heavy atom. The van der Waals surface area contributed by atoms with E-state index < -0.39 is 0 Å². The van der Waals surface area contributed by atoms with Gasteiger partial charge in [0, 0.05) is 12.2 Å². The van der Waals surface area contributed by atoms with E-state index in [1.54, 1.807) is 6.08 Å². The Morgan fingerprint density at radius 1 is 1.09 bits per heavy atom. The molecule has 116 valence electrons. The molecular formula is C18H16N2O2S. The number of thioether (sulfide) groups is 1. The Kier molecular flexibility index (Phi) is 4.57. The Bertz CT molecular complexity index is 772. The molecule has 0 spiro atoms. The van der Waals surface area contributed by atoms with Crippen LogP contribution in [0.2, 0.25) is 0 Å². The fourth-order valence-electron chi connectivity index (χ4n) is 2.36. The molecule has 0 radical (unpaired) electrons. The number of aromatic nitrogens is 1. The van der Waals surface area contributed by atoms with E-state index in [-0.39, 0.29) is 11.1 Å². The molecule has 1 aromatic carbocycles. The van der Waals surface area contributed by atoms with Crippen molar-refractivity contribution in [3.63, 3.8) is 0 Å². The zero-order valence-corrected chi connectivity index (χ0v) is 13.5. The molecule has 0 aliphatic carbocycles. The Hall–Kier alpha value is -2.40. The van der Waals surface area contributed by atoms with Crippen molar-refractivity contribution in [2.75, 3.05) is 6.54 Å². The van der Waals surface area contributed by atoms with Crippen LogP contribution in [0.25, 0.3) is 6.08 Å². The van der Waals surface area contributed by atoms with Crippen molar-refractivity contribution in [3.8, 4) is 0 Å². The van der Waals surface area contributed by atoms with Crippen molar-refractivity contribution in [2.24, 2.45) is 0 Å². The van der Waals surface area contributed by atoms with Crippen LogP contribution < -0.4 is 0 Å². The molecule has 23 heavy (non-hydrogen) atoms. The number of nitrogens with zero attached hydrogens (tertiary/aromatic N) is 2. The van der Waals surface area contributed by atoms with Crippen molar-refractivity contribution in [3.05, 3.63) is 70.4 Å². The van der Waals surface area contributed by atoms with Gasteiger partial charge in [0.1, 0.15) is 0 Å². The fraction of sp³-hybridized carbons (Fsp3) is 0.167. The first-order valence-electron chi connectivity index (χ1n) is 7.36. The van der Waals surface area contributed by atoms with Gasteiger partial charge in [-0.1, -0.05) is 36.4 Å². The van der Waals surface area contributed by atoms with E-state index in [0.717, 1.165) is 23.0 Å². The van der Waals surface area contributed by atoms with E-state index in [4.69, 9.17) is 0 Å². The van der Waals surface area contributed by atoms with Crippen LogP contribution in [0.4, 0.5) is 4.79 Å². The number of hydrogen-bond acceptors (Lipinski definition) is 4. The van der Waals surface area contributed by atoms with Gasteiger partial charge in [-0.15, -0.1) is 0 Å². The second-order valence-corrected chi connectivity index (χ2v) is 6.27. The molecule has 2 amide bonds. The van der Waals surface area contributed by atoms with E-state index in [1.165, 1.54) is 4.90 Å². The van der Waals surface area contributed by atoms with Gasteiger partial charge in [0.05, 0.1) is 10.6 Å². The quantitative estimate of drug-likeness (QED) is 0.805. The standard InChI is InChI=1S/C18H16N2O2S/c1-13-6-5-9-15(19-13)12-16-17(21)20(18(22)23-16)11-10-14-7-3-2-4-8-14/h2-9,12H,10-11H2,1H3/b16-12+. The van der Waals surface area contributed by atoms with Gasteiger partial charge in [-0.2, -0.15) is 0 Å². The SMILES string of the molecule is Cc1cccc(/C=C2/SC(=O)N(CCc3ccccc3)C2=O)n1. The van der Waals surface area contributed by atoms with Gasteiger partial charge in [0.25, 0.3) is 11.1 Å². The number of benzene rings is 1. The van der Waals surface area contributed by atoms with Crippen molar-refractivity contribution in [2.45, 2.75) is 13.3 Å². The maximum Gasteiger partial charge on any atom is 0.293 e. The summed E-state index contributed by atoms with van der Waals surface area (Å²) in [5.41, 5.74) is 2.68. The predicted octanol–water partition coefficient (Wildman–Crippen LogP) is 3.67. The van der Waals surface area contributed by atoms with Gasteiger partial charge in [0.2, 0.25) is 0 Å². The summed E-state index contributed by atoms with van der Waals surface area (Å²) >= 11 is 0.976. The minimum Gasteiger partial charge on any atom is -0.268 e. The zero-order chi connectivity index (χ0) is 16.2. The Balaban J connectivity index is 1.72. The molecule has 0 saturated carbocycles. The smallest absolute Gasteiger partial charge is 0.268 e. The lowest BCUT2D eigenvalue weighted by Crippen LogP contribution is -2.30. The molecule has 0 bridgehead atoms. The number of rotatable bonds is 4. The minimum atomic E-state index is -0.237. The molecule has 4 nitrogen and oxygen atoms in total. The van der Waals surface area contributed by atoms with E-state index in [0.29, 0.717) is 23.6 Å². The van der Waals surface area contributed by atoms with E-state index in [9.17, 15) is 9.59 Å². The lowest BCUT2D eigenvalue weighted by Gasteiger charge is -2.12. The summed E-state index contributed by atoms with van der Waals surface area (Å²) < 4.78 is 0. The van der Waals surface area contributed by atoms with Crippen LogP contribution in [0.15, 0.2) is 53.4 Å². The van der Waals surface area contributed by atoms with Gasteiger partial charge < -0.3 is 0 Å². The molecular weight excluding hydrogens is 308 g/mol. The second kappa shape index (κ2) is 6.79. The third kappa shape index (κ3) is 3.68. The molecule has 2 heterocycles. The van der Waals surface area contributed by atoms with E-state index in [2.05, 4.69) is 4.98 Å². The highest BCUT2D eigenvalue weighted by Gasteiger charge is 2.34. The molecule has 1 aliphatic rings. The number of amides is 2. The first-order chi connectivity index (χ1) is 11.1. The highest BCUT2D eigenvalue weighted by atomic mass is 32.2. The average molecular weight is 324 g/mol. The second-order valence-electron chi connectivity index (χ2n) is 5.27. The van der Waals surface area contributed by atoms with Crippen LogP contribution in [0, 0.1) is 6.92 Å². The van der Waals surface area contributed by atoms with E-state index in [1.807, 2.05) is 55.5 Å². The van der Waals surface area contributed by atoms with Crippen LogP contribution in [0.5, 0.6) is 0 Å². The third-order valence-corrected chi connectivity index (χ3v) is 4.44. The van der Waals surface area contributed by atoms with E-state index >= 15 is 0 Å². The summed E-state index contributed by atoms with van der Waals surface area (Å²) in [6.07, 6.45) is 2.34. The highest BCUT2D eigenvalue weighted by molar-refractivity contribution is 8.18. The van der Waals surface area contributed by atoms with Crippen molar-refractivity contribution in [1.82, 2.24) is 9.88 Å². The molecule has 0 atom stereocenters. The maximum atomic E-state index is 12.4. The Morgan fingerprint density at radius 3 is 2.61 bits per heavy atom. The van der Waals surface area contributed by atoms with Crippen molar-refractivity contribution >= 4 is 29.0 Å². The van der Waals surface area contributed by atoms with Gasteiger partial charge in [-0.3, -0.25) is 19.5 Å². The van der Waals surface area contributed by atoms with Crippen LogP contribution in [-0.4, -0.2) is 27.6 Å². The minimum absolute atomic E-state index is 0.218. The molecule has 1 fully saturated rings. The lowest BCUT2D eigenvalue weighted by molar-refractivity contribution is -0.122. The summed E-state index contributed by atoms with van der Waals surface area (Å²) in [4.78, 5) is 30.6. The first-order valence-corrected chi connectivity index (χ1v) is 8.18. The van der Waals surface area contributed by atoms with Crippen LogP contribution >= 0.6 is 11.8 Å². The molecule has 2 aromatic rings. The van der Waals surface area contributed by atoms with Crippen LogP contribution in [-0.2, 0) is 11.2 Å². The average Bonchev–Trinajstić information content (AvgIpc) is 2.80. The van der Waals surface area contributed by atoms with Gasteiger partial charge in [0.15, 0.2) is 0 Å². The molecule has 0 unspecified atom stereocenters. The van der Waals surface area contributed by atoms with Crippen LogP contribution in [0.3, 0.4) is 0 Å². The molecule has 1 aromatic heterocycles. The van der Waals surface area contributed by atoms with Crippen LogP contribution in [0.1, 0.15) is 17.0 Å². The first kappa shape index (κ1) is 15.5. The molecule has 5 heteroatoms. The van der Waals surface area contributed by atoms with Crippen molar-refractivity contribution < 1.29 is 9.59 Å². The third-order valence-electron chi connectivity index (χ3n) is 3.53. The normalized spacial score (nSPS) is 16.4. The van der Waals surface area contributed by atoms with Crippen molar-refractivity contribution in [1.29, 1.82) is 0 Å². The molecule has 3 rings (SSSR count). The fourth-order valence-corrected chi connectivity index (χ4v) is 3.21. The van der Waals surface area contributed by atoms with Gasteiger partial charge >= 0.3 is 0 Å². The summed E-state index contributed by atoms with van der Waals surface area (Å²) in [6.45, 7) is 2.29. The Labute approximate surface area is 139 Å². The summed E-state index contributed by atoms with van der Waals surface area (Å²) in [5.74, 6) is -0.237. The number of pyridine rings is 1. The molecule has 0 N–H and O–H groups in total. The number of aryl methyl sites for hydroxylation is 1. The monoisotopic (exact) mass is 324 g/mol. The molecule has 1 saturated heterocycles.